The highest BCUT2D eigenvalue weighted by atomic mass is 32.2. The monoisotopic (exact) mass is 395 g/mol. The predicted octanol–water partition coefficient (Wildman–Crippen LogP) is 0.514. The topological polar surface area (TPSA) is 78.0 Å². The zero-order valence-corrected chi connectivity index (χ0v) is 16.7. The van der Waals surface area contributed by atoms with E-state index in [4.69, 9.17) is 9.72 Å². The molecule has 0 aliphatic carbocycles. The van der Waals surface area contributed by atoms with Crippen LogP contribution in [0.1, 0.15) is 30.3 Å². The number of morpholine rings is 1. The molecule has 0 aromatic carbocycles. The van der Waals surface area contributed by atoms with Crippen LogP contribution in [0.25, 0.3) is 0 Å². The van der Waals surface area contributed by atoms with Crippen LogP contribution in [0.15, 0.2) is 12.1 Å². The molecule has 1 aromatic rings. The summed E-state index contributed by atoms with van der Waals surface area (Å²) >= 11 is 0. The van der Waals surface area contributed by atoms with Crippen LogP contribution >= 0.6 is 0 Å². The van der Waals surface area contributed by atoms with E-state index >= 15 is 0 Å². The molecule has 3 saturated heterocycles. The zero-order valence-electron chi connectivity index (χ0n) is 15.9. The van der Waals surface area contributed by atoms with Crippen LogP contribution < -0.4 is 10.2 Å². The number of nitrogens with one attached hydrogen (secondary N) is 1. The number of anilines is 1. The number of hydrogen-bond acceptors (Lipinski definition) is 6. The summed E-state index contributed by atoms with van der Waals surface area (Å²) in [5, 5.41) is 3.51. The van der Waals surface area contributed by atoms with E-state index in [9.17, 15) is 8.42 Å². The van der Waals surface area contributed by atoms with E-state index in [-0.39, 0.29) is 0 Å². The molecule has 0 bridgehead atoms. The highest BCUT2D eigenvalue weighted by Crippen LogP contribution is 2.27. The first-order valence-corrected chi connectivity index (χ1v) is 11.2. The van der Waals surface area contributed by atoms with Crippen molar-refractivity contribution >= 4 is 15.9 Å². The van der Waals surface area contributed by atoms with E-state index in [0.29, 0.717) is 58.5 Å². The van der Waals surface area contributed by atoms with Crippen LogP contribution in [0.5, 0.6) is 0 Å². The highest BCUT2D eigenvalue weighted by Gasteiger charge is 2.33. The Kier molecular flexibility index (Phi) is 5.65. The lowest BCUT2D eigenvalue weighted by Crippen LogP contribution is -2.55. The second kappa shape index (κ2) is 8.00. The first-order chi connectivity index (χ1) is 13.0. The Morgan fingerprint density at radius 2 is 1.78 bits per heavy atom. The molecule has 0 amide bonds. The van der Waals surface area contributed by atoms with Crippen LogP contribution in [0.3, 0.4) is 0 Å². The maximum Gasteiger partial charge on any atom is 0.282 e. The number of piperazine rings is 1. The Hall–Kier alpha value is -1.26. The standard InChI is InChI=1S/C18H29N5O3S/c1-15-13-16(14-18(20-15)17-3-2-4-19-17)21-5-7-22(8-6-21)27(24,25)23-9-11-26-12-10-23/h13-14,17,19H,2-12H2,1H3/t17-/m0/s1. The molecule has 8 nitrogen and oxygen atoms in total. The molecule has 0 spiro atoms. The number of ether oxygens (including phenoxy) is 1. The maximum atomic E-state index is 12.8. The van der Waals surface area contributed by atoms with Crippen molar-refractivity contribution in [2.45, 2.75) is 25.8 Å². The fraction of sp³-hybridized carbons (Fsp3) is 0.722. The SMILES string of the molecule is Cc1cc(N2CCN(S(=O)(=O)N3CCOCC3)CC2)cc([C@@H]2CCCN2)n1. The third-order valence-corrected chi connectivity index (χ3v) is 7.64. The summed E-state index contributed by atoms with van der Waals surface area (Å²) in [7, 11) is -3.38. The first-order valence-electron chi connectivity index (χ1n) is 9.84. The quantitative estimate of drug-likeness (QED) is 0.801. The summed E-state index contributed by atoms with van der Waals surface area (Å²) in [6, 6.07) is 4.61. The van der Waals surface area contributed by atoms with Crippen molar-refractivity contribution < 1.29 is 13.2 Å². The fourth-order valence-corrected chi connectivity index (χ4v) is 5.65. The van der Waals surface area contributed by atoms with Crippen LogP contribution in [0.2, 0.25) is 0 Å². The van der Waals surface area contributed by atoms with Crippen molar-refractivity contribution in [2.24, 2.45) is 0 Å². The molecular formula is C18H29N5O3S. The summed E-state index contributed by atoms with van der Waals surface area (Å²) in [5.41, 5.74) is 3.26. The van der Waals surface area contributed by atoms with Gasteiger partial charge in [-0.3, -0.25) is 4.98 Å². The molecule has 0 unspecified atom stereocenters. The lowest BCUT2D eigenvalue weighted by molar-refractivity contribution is 0.0700. The third kappa shape index (κ3) is 4.12. The molecule has 3 fully saturated rings. The minimum absolute atomic E-state index is 0.339. The minimum atomic E-state index is -3.38. The van der Waals surface area contributed by atoms with E-state index in [2.05, 4.69) is 22.3 Å². The van der Waals surface area contributed by atoms with Crippen LogP contribution in [0.4, 0.5) is 5.69 Å². The van der Waals surface area contributed by atoms with Crippen molar-refractivity contribution in [1.29, 1.82) is 0 Å². The molecule has 1 N–H and O–H groups in total. The molecule has 3 aliphatic heterocycles. The van der Waals surface area contributed by atoms with Crippen molar-refractivity contribution in [3.05, 3.63) is 23.5 Å². The molecule has 0 radical (unpaired) electrons. The average Bonchev–Trinajstić information content (AvgIpc) is 3.23. The molecule has 27 heavy (non-hydrogen) atoms. The Labute approximate surface area is 161 Å². The Morgan fingerprint density at radius 1 is 1.07 bits per heavy atom. The van der Waals surface area contributed by atoms with E-state index in [1.807, 2.05) is 6.92 Å². The minimum Gasteiger partial charge on any atom is -0.379 e. The molecule has 150 valence electrons. The number of aromatic nitrogens is 1. The van der Waals surface area contributed by atoms with Gasteiger partial charge in [-0.2, -0.15) is 17.0 Å². The van der Waals surface area contributed by atoms with Crippen LogP contribution in [0, 0.1) is 6.92 Å². The summed E-state index contributed by atoms with van der Waals surface area (Å²) in [5.74, 6) is 0. The van der Waals surface area contributed by atoms with Crippen molar-refractivity contribution in [3.63, 3.8) is 0 Å². The van der Waals surface area contributed by atoms with E-state index in [1.54, 1.807) is 8.61 Å². The first kappa shape index (κ1) is 19.1. The number of rotatable bonds is 4. The molecule has 1 aromatic heterocycles. The van der Waals surface area contributed by atoms with Gasteiger partial charge in [-0.05, 0) is 38.4 Å². The number of nitrogens with zero attached hydrogens (tertiary/aromatic N) is 4. The summed E-state index contributed by atoms with van der Waals surface area (Å²) < 4.78 is 34.1. The third-order valence-electron chi connectivity index (χ3n) is 5.60. The Morgan fingerprint density at radius 3 is 2.44 bits per heavy atom. The highest BCUT2D eigenvalue weighted by molar-refractivity contribution is 7.86. The normalized spacial score (nSPS) is 25.8. The number of aryl methyl sites for hydroxylation is 1. The van der Waals surface area contributed by atoms with Gasteiger partial charge in [0.15, 0.2) is 0 Å². The van der Waals surface area contributed by atoms with Gasteiger partial charge in [0, 0.05) is 56.7 Å². The van der Waals surface area contributed by atoms with Crippen molar-refractivity contribution in [1.82, 2.24) is 18.9 Å². The molecule has 3 aliphatic rings. The second-order valence-corrected chi connectivity index (χ2v) is 9.37. The van der Waals surface area contributed by atoms with E-state index in [0.717, 1.165) is 30.0 Å². The summed E-state index contributed by atoms with van der Waals surface area (Å²) in [6.45, 7) is 7.36. The average molecular weight is 396 g/mol. The Balaban J connectivity index is 1.43. The summed E-state index contributed by atoms with van der Waals surface area (Å²) in [4.78, 5) is 6.99. The zero-order chi connectivity index (χ0) is 18.9. The van der Waals surface area contributed by atoms with Crippen LogP contribution in [-0.4, -0.2) is 81.0 Å². The van der Waals surface area contributed by atoms with Gasteiger partial charge in [-0.25, -0.2) is 0 Å². The van der Waals surface area contributed by atoms with Crippen molar-refractivity contribution in [3.8, 4) is 0 Å². The number of pyridine rings is 1. The lowest BCUT2D eigenvalue weighted by atomic mass is 10.1. The van der Waals surface area contributed by atoms with E-state index in [1.165, 1.54) is 6.42 Å². The largest absolute Gasteiger partial charge is 0.379 e. The van der Waals surface area contributed by atoms with Gasteiger partial charge in [0.05, 0.1) is 18.9 Å². The Bertz CT molecular complexity index is 752. The molecular weight excluding hydrogens is 366 g/mol. The van der Waals surface area contributed by atoms with Gasteiger partial charge in [-0.1, -0.05) is 0 Å². The van der Waals surface area contributed by atoms with Gasteiger partial charge in [0.2, 0.25) is 0 Å². The van der Waals surface area contributed by atoms with Crippen molar-refractivity contribution in [2.75, 3.05) is 63.9 Å². The summed E-state index contributed by atoms with van der Waals surface area (Å²) in [6.07, 6.45) is 2.31. The molecule has 4 heterocycles. The van der Waals surface area contributed by atoms with Gasteiger partial charge >= 0.3 is 0 Å². The smallest absolute Gasteiger partial charge is 0.282 e. The van der Waals surface area contributed by atoms with Gasteiger partial charge in [0.25, 0.3) is 10.2 Å². The molecule has 0 saturated carbocycles. The van der Waals surface area contributed by atoms with Gasteiger partial charge < -0.3 is 15.0 Å². The van der Waals surface area contributed by atoms with Gasteiger partial charge in [-0.15, -0.1) is 0 Å². The molecule has 4 rings (SSSR count). The maximum absolute atomic E-state index is 12.8. The fourth-order valence-electron chi connectivity index (χ4n) is 4.09. The molecule has 9 heteroatoms. The van der Waals surface area contributed by atoms with E-state index < -0.39 is 10.2 Å². The van der Waals surface area contributed by atoms with Crippen LogP contribution in [-0.2, 0) is 14.9 Å². The second-order valence-electron chi connectivity index (χ2n) is 7.45. The van der Waals surface area contributed by atoms with Gasteiger partial charge in [0.1, 0.15) is 0 Å². The molecule has 1 atom stereocenters. The number of hydrogen-bond donors (Lipinski definition) is 1. The predicted molar refractivity (Wildman–Crippen MR) is 104 cm³/mol. The lowest BCUT2D eigenvalue weighted by Gasteiger charge is -2.38.